The number of halogens is 2. The van der Waals surface area contributed by atoms with Crippen LogP contribution in [0.2, 0.25) is 0 Å². The molecule has 1 aliphatic rings. The number of rotatable bonds is 6. The molecule has 6 rings (SSSR count). The highest BCUT2D eigenvalue weighted by Gasteiger charge is 2.32. The minimum Gasteiger partial charge on any atom is -0.455 e. The van der Waals surface area contributed by atoms with Crippen molar-refractivity contribution in [3.8, 4) is 11.3 Å². The van der Waals surface area contributed by atoms with Crippen LogP contribution in [0.4, 0.5) is 10.1 Å². The third kappa shape index (κ3) is 5.62. The maximum atomic E-state index is 13.7. The van der Waals surface area contributed by atoms with E-state index in [1.54, 1.807) is 42.9 Å². The molecule has 1 aliphatic heterocycles. The molecular formula is C31H31BrFN5O5S. The lowest BCUT2D eigenvalue weighted by Crippen LogP contribution is -2.39. The molecule has 10 nitrogen and oxygen atoms in total. The van der Waals surface area contributed by atoms with Gasteiger partial charge >= 0.3 is 0 Å². The first kappa shape index (κ1) is 31.4. The van der Waals surface area contributed by atoms with Crippen LogP contribution in [0.5, 0.6) is 0 Å². The van der Waals surface area contributed by atoms with E-state index in [4.69, 9.17) is 4.42 Å². The maximum Gasteiger partial charge on any atom is 0.275 e. The largest absolute Gasteiger partial charge is 0.455 e. The Bertz CT molecular complexity index is 1910. The van der Waals surface area contributed by atoms with Crippen LogP contribution < -0.4 is 9.62 Å². The second kappa shape index (κ2) is 12.5. The lowest BCUT2D eigenvalue weighted by molar-refractivity contribution is 0.0703. The molecule has 0 aliphatic carbocycles. The lowest BCUT2D eigenvalue weighted by Gasteiger charge is -2.34. The summed E-state index contributed by atoms with van der Waals surface area (Å²) in [5, 5.41) is 11.3. The number of aromatic nitrogens is 2. The molecule has 5 aromatic rings. The van der Waals surface area contributed by atoms with Gasteiger partial charge in [-0.2, -0.15) is 5.10 Å². The van der Waals surface area contributed by atoms with Crippen LogP contribution in [-0.2, 0) is 11.0 Å². The fraction of sp³-hybridized carbons (Fsp3) is 0.258. The lowest BCUT2D eigenvalue weighted by atomic mass is 9.88. The molecular weight excluding hydrogens is 653 g/mol. The van der Waals surface area contributed by atoms with Gasteiger partial charge in [-0.15, -0.1) is 0 Å². The van der Waals surface area contributed by atoms with E-state index in [9.17, 15) is 18.2 Å². The van der Waals surface area contributed by atoms with Crippen LogP contribution in [0, 0.1) is 5.82 Å². The van der Waals surface area contributed by atoms with E-state index in [1.807, 2.05) is 29.2 Å². The Balaban J connectivity index is 0.00000384. The summed E-state index contributed by atoms with van der Waals surface area (Å²) in [6, 6.07) is 15.1. The second-order valence-corrected chi connectivity index (χ2v) is 12.9. The zero-order valence-electron chi connectivity index (χ0n) is 24.2. The SMILES string of the molecule is CNC(=O)c1c(-c2ccc(F)cc2)oc2cc(N(C)S(C)=O)c([C@H]3CCCN(C(=O)c4n[nH]c5cc(Br)ccc45)C3)cc12.O. The first-order valence-electron chi connectivity index (χ1n) is 13.7. The molecule has 0 spiro atoms. The van der Waals surface area contributed by atoms with Crippen molar-refractivity contribution < 1.29 is 28.1 Å². The van der Waals surface area contributed by atoms with Gasteiger partial charge in [0.05, 0.1) is 16.8 Å². The zero-order valence-corrected chi connectivity index (χ0v) is 26.6. The first-order valence-corrected chi connectivity index (χ1v) is 16.1. The summed E-state index contributed by atoms with van der Waals surface area (Å²) in [6.45, 7) is 1.00. The number of H-pyrrole nitrogens is 1. The van der Waals surface area contributed by atoms with Crippen molar-refractivity contribution in [2.45, 2.75) is 18.8 Å². The van der Waals surface area contributed by atoms with E-state index >= 15 is 0 Å². The summed E-state index contributed by atoms with van der Waals surface area (Å²) in [5.41, 5.74) is 4.00. The number of piperidine rings is 1. The number of fused-ring (bicyclic) bond motifs is 2. The highest BCUT2D eigenvalue weighted by Crippen LogP contribution is 2.42. The van der Waals surface area contributed by atoms with Gasteiger partial charge in [0.25, 0.3) is 11.8 Å². The molecule has 1 saturated heterocycles. The van der Waals surface area contributed by atoms with Crippen LogP contribution in [0.15, 0.2) is 63.5 Å². The predicted octanol–water partition coefficient (Wildman–Crippen LogP) is 5.16. The summed E-state index contributed by atoms with van der Waals surface area (Å²) >= 11 is 3.46. The van der Waals surface area contributed by atoms with Crippen LogP contribution in [0.25, 0.3) is 33.2 Å². The predicted molar refractivity (Wildman–Crippen MR) is 173 cm³/mol. The Morgan fingerprint density at radius 2 is 1.91 bits per heavy atom. The van der Waals surface area contributed by atoms with E-state index < -0.39 is 16.8 Å². The number of amides is 2. The van der Waals surface area contributed by atoms with Crippen molar-refractivity contribution in [1.29, 1.82) is 0 Å². The van der Waals surface area contributed by atoms with Gasteiger partial charge in [0, 0.05) is 66.2 Å². The Kier molecular flexibility index (Phi) is 8.91. The molecule has 0 radical (unpaired) electrons. The highest BCUT2D eigenvalue weighted by atomic mass is 79.9. The molecule has 2 atom stereocenters. The van der Waals surface area contributed by atoms with E-state index in [1.165, 1.54) is 12.1 Å². The number of benzene rings is 3. The molecule has 230 valence electrons. The van der Waals surface area contributed by atoms with Crippen molar-refractivity contribution in [3.05, 3.63) is 81.7 Å². The number of aromatic amines is 1. The minimum atomic E-state index is -1.35. The maximum absolute atomic E-state index is 13.7. The molecule has 1 unspecified atom stereocenters. The van der Waals surface area contributed by atoms with Gasteiger partial charge in [0.2, 0.25) is 0 Å². The molecule has 4 N–H and O–H groups in total. The molecule has 1 fully saturated rings. The molecule has 2 amide bonds. The van der Waals surface area contributed by atoms with E-state index in [0.29, 0.717) is 52.3 Å². The van der Waals surface area contributed by atoms with Gasteiger partial charge in [-0.25, -0.2) is 8.60 Å². The number of likely N-dealkylation sites (tertiary alicyclic amines) is 1. The van der Waals surface area contributed by atoms with Crippen LogP contribution in [0.3, 0.4) is 0 Å². The first-order chi connectivity index (χ1) is 20.7. The average Bonchev–Trinajstić information content (AvgIpc) is 3.60. The monoisotopic (exact) mass is 683 g/mol. The second-order valence-electron chi connectivity index (χ2n) is 10.6. The summed E-state index contributed by atoms with van der Waals surface area (Å²) < 4.78 is 35.2. The minimum absolute atomic E-state index is 0. The zero-order chi connectivity index (χ0) is 30.4. The Morgan fingerprint density at radius 1 is 1.16 bits per heavy atom. The number of hydrogen-bond acceptors (Lipinski definition) is 5. The van der Waals surface area contributed by atoms with Crippen molar-refractivity contribution in [2.75, 3.05) is 37.7 Å². The van der Waals surface area contributed by atoms with E-state index in [-0.39, 0.29) is 23.2 Å². The fourth-order valence-corrected chi connectivity index (χ4v) is 6.56. The summed E-state index contributed by atoms with van der Waals surface area (Å²) in [5.74, 6) is -0.701. The number of carbonyl (C=O) groups is 2. The topological polar surface area (TPSA) is 143 Å². The molecule has 2 aromatic heterocycles. The van der Waals surface area contributed by atoms with Crippen LogP contribution >= 0.6 is 15.9 Å². The molecule has 0 saturated carbocycles. The quantitative estimate of drug-likeness (QED) is 0.254. The number of furan rings is 1. The number of carbonyl (C=O) groups excluding carboxylic acids is 2. The van der Waals surface area contributed by atoms with Crippen molar-refractivity contribution >= 4 is 66.3 Å². The number of nitrogens with zero attached hydrogens (tertiary/aromatic N) is 3. The van der Waals surface area contributed by atoms with Crippen molar-refractivity contribution in [2.24, 2.45) is 0 Å². The van der Waals surface area contributed by atoms with Gasteiger partial charge in [-0.3, -0.25) is 19.0 Å². The van der Waals surface area contributed by atoms with E-state index in [2.05, 4.69) is 31.4 Å². The highest BCUT2D eigenvalue weighted by molar-refractivity contribution is 9.10. The van der Waals surface area contributed by atoms with Crippen LogP contribution in [-0.4, -0.2) is 70.0 Å². The smallest absolute Gasteiger partial charge is 0.275 e. The standard InChI is InChI=1S/C31H29BrFN5O4S.H2O/c1-34-30(39)27-23-14-22(25(37(2)43(3)41)15-26(23)42-29(27)17-6-9-20(33)10-7-17)18-5-4-12-38(16-18)31(40)28-21-11-8-19(32)13-24(21)35-36-28;/h6-11,13-15,18H,4-5,12,16H2,1-3H3,(H,34,39)(H,35,36);1H2/t18-,43?;/m0./s1. The fourth-order valence-electron chi connectivity index (χ4n) is 5.76. The summed E-state index contributed by atoms with van der Waals surface area (Å²) in [6.07, 6.45) is 3.14. The number of hydrogen-bond donors (Lipinski definition) is 2. The molecule has 13 heteroatoms. The van der Waals surface area contributed by atoms with Gasteiger partial charge in [-0.05, 0) is 66.9 Å². The normalized spacial score (nSPS) is 15.7. The molecule has 3 aromatic carbocycles. The average molecular weight is 685 g/mol. The van der Waals surface area contributed by atoms with Gasteiger partial charge in [0.1, 0.15) is 28.1 Å². The van der Waals surface area contributed by atoms with Crippen LogP contribution in [0.1, 0.15) is 45.2 Å². The van der Waals surface area contributed by atoms with Crippen molar-refractivity contribution in [1.82, 2.24) is 20.4 Å². The Morgan fingerprint density at radius 3 is 2.61 bits per heavy atom. The van der Waals surface area contributed by atoms with E-state index in [0.717, 1.165) is 33.8 Å². The van der Waals surface area contributed by atoms with Gasteiger partial charge < -0.3 is 20.1 Å². The molecule has 44 heavy (non-hydrogen) atoms. The Hall–Kier alpha value is -4.07. The van der Waals surface area contributed by atoms with Gasteiger partial charge in [0.15, 0.2) is 5.69 Å². The summed E-state index contributed by atoms with van der Waals surface area (Å²) in [7, 11) is 1.93. The third-order valence-corrected chi connectivity index (χ3v) is 9.46. The van der Waals surface area contributed by atoms with Gasteiger partial charge in [-0.1, -0.05) is 15.9 Å². The number of nitrogens with one attached hydrogen (secondary N) is 2. The Labute approximate surface area is 263 Å². The number of anilines is 1. The van der Waals surface area contributed by atoms with Crippen molar-refractivity contribution in [3.63, 3.8) is 0 Å². The summed E-state index contributed by atoms with van der Waals surface area (Å²) in [4.78, 5) is 28.7. The molecule has 0 bridgehead atoms. The third-order valence-electron chi connectivity index (χ3n) is 8.00. The molecule has 3 heterocycles.